The van der Waals surface area contributed by atoms with Gasteiger partial charge in [0.05, 0.1) is 13.2 Å². The maximum Gasteiger partial charge on any atom is 0.319 e. The second-order valence-electron chi connectivity index (χ2n) is 7.14. The van der Waals surface area contributed by atoms with E-state index >= 15 is 0 Å². The number of benzene rings is 3. The predicted molar refractivity (Wildman–Crippen MR) is 119 cm³/mol. The Balaban J connectivity index is 1.30. The van der Waals surface area contributed by atoms with Crippen LogP contribution in [0.2, 0.25) is 0 Å². The molecule has 1 aliphatic heterocycles. The zero-order chi connectivity index (χ0) is 21.6. The highest BCUT2D eigenvalue weighted by Crippen LogP contribution is 2.25. The molecule has 7 heteroatoms. The number of nitrogens with zero attached hydrogens (tertiary/aromatic N) is 1. The standard InChI is InChI=1S/C24H23N3O4/c1-30-20-13-9-19(10-14-20)27-16-18(15-23(27)28)26-24(29)25-17-7-11-22(12-8-17)31-21-5-3-2-4-6-21/h2-14,18H,15-16H2,1H3,(H2,25,26,29)/t18-/m1/s1. The Bertz CT molecular complexity index is 1040. The molecule has 1 aliphatic rings. The van der Waals surface area contributed by atoms with Crippen molar-refractivity contribution >= 4 is 23.3 Å². The fraction of sp³-hybridized carbons (Fsp3) is 0.167. The van der Waals surface area contributed by atoms with Crippen LogP contribution in [0.4, 0.5) is 16.2 Å². The van der Waals surface area contributed by atoms with E-state index in [-0.39, 0.29) is 24.4 Å². The predicted octanol–water partition coefficient (Wildman–Crippen LogP) is 4.41. The summed E-state index contributed by atoms with van der Waals surface area (Å²) in [5.41, 5.74) is 1.42. The average Bonchev–Trinajstić information content (AvgIpc) is 3.15. The van der Waals surface area contributed by atoms with Crippen LogP contribution >= 0.6 is 0 Å². The van der Waals surface area contributed by atoms with Gasteiger partial charge in [0.15, 0.2) is 0 Å². The lowest BCUT2D eigenvalue weighted by Gasteiger charge is -2.18. The molecule has 0 unspecified atom stereocenters. The molecule has 7 nitrogen and oxygen atoms in total. The second-order valence-corrected chi connectivity index (χ2v) is 7.14. The second kappa shape index (κ2) is 9.21. The van der Waals surface area contributed by atoms with Gasteiger partial charge in [-0.2, -0.15) is 0 Å². The number of para-hydroxylation sites is 1. The molecule has 0 spiro atoms. The summed E-state index contributed by atoms with van der Waals surface area (Å²) in [5.74, 6) is 2.12. The lowest BCUT2D eigenvalue weighted by Crippen LogP contribution is -2.39. The molecule has 1 saturated heterocycles. The minimum absolute atomic E-state index is 0.0297. The Hall–Kier alpha value is -4.00. The van der Waals surface area contributed by atoms with E-state index in [2.05, 4.69) is 10.6 Å². The molecule has 2 N–H and O–H groups in total. The van der Waals surface area contributed by atoms with Gasteiger partial charge in [0.2, 0.25) is 5.91 Å². The summed E-state index contributed by atoms with van der Waals surface area (Å²) >= 11 is 0. The van der Waals surface area contributed by atoms with E-state index < -0.39 is 0 Å². The number of anilines is 2. The van der Waals surface area contributed by atoms with Crippen LogP contribution in [0.15, 0.2) is 78.9 Å². The molecule has 0 aromatic heterocycles. The molecule has 3 amide bonds. The highest BCUT2D eigenvalue weighted by atomic mass is 16.5. The molecule has 0 saturated carbocycles. The van der Waals surface area contributed by atoms with Crippen LogP contribution in [0.1, 0.15) is 6.42 Å². The first-order chi connectivity index (χ1) is 15.1. The van der Waals surface area contributed by atoms with Crippen LogP contribution < -0.4 is 25.0 Å². The first kappa shape index (κ1) is 20.3. The van der Waals surface area contributed by atoms with Gasteiger partial charge in [-0.3, -0.25) is 4.79 Å². The van der Waals surface area contributed by atoms with Crippen molar-refractivity contribution in [2.45, 2.75) is 12.5 Å². The van der Waals surface area contributed by atoms with Crippen molar-refractivity contribution in [3.05, 3.63) is 78.9 Å². The fourth-order valence-electron chi connectivity index (χ4n) is 3.40. The molecule has 1 fully saturated rings. The number of carbonyl (C=O) groups is 2. The van der Waals surface area contributed by atoms with Crippen LogP contribution in [-0.2, 0) is 4.79 Å². The smallest absolute Gasteiger partial charge is 0.319 e. The molecule has 31 heavy (non-hydrogen) atoms. The first-order valence-electron chi connectivity index (χ1n) is 9.95. The van der Waals surface area contributed by atoms with Gasteiger partial charge in [-0.25, -0.2) is 4.79 Å². The molecular weight excluding hydrogens is 394 g/mol. The Labute approximate surface area is 180 Å². The molecule has 0 aliphatic carbocycles. The maximum absolute atomic E-state index is 12.4. The number of rotatable bonds is 6. The lowest BCUT2D eigenvalue weighted by molar-refractivity contribution is -0.117. The molecule has 3 aromatic carbocycles. The molecule has 4 rings (SSSR count). The summed E-state index contributed by atoms with van der Waals surface area (Å²) in [4.78, 5) is 26.4. The minimum atomic E-state index is -0.355. The molecule has 0 bridgehead atoms. The Morgan fingerprint density at radius 3 is 2.23 bits per heavy atom. The molecule has 3 aromatic rings. The summed E-state index contributed by atoms with van der Waals surface area (Å²) in [5, 5.41) is 5.66. The van der Waals surface area contributed by atoms with Gasteiger partial charge in [0, 0.05) is 24.3 Å². The van der Waals surface area contributed by atoms with Crippen LogP contribution in [-0.4, -0.2) is 31.6 Å². The van der Waals surface area contributed by atoms with E-state index in [9.17, 15) is 9.59 Å². The molecule has 1 atom stereocenters. The zero-order valence-electron chi connectivity index (χ0n) is 17.1. The van der Waals surface area contributed by atoms with Crippen molar-refractivity contribution in [1.29, 1.82) is 0 Å². The third kappa shape index (κ3) is 5.14. The van der Waals surface area contributed by atoms with E-state index in [0.29, 0.717) is 18.0 Å². The summed E-state index contributed by atoms with van der Waals surface area (Å²) in [6, 6.07) is 23.2. The maximum atomic E-state index is 12.4. The number of methoxy groups -OCH3 is 1. The van der Waals surface area contributed by atoms with E-state index in [1.54, 1.807) is 48.4 Å². The van der Waals surface area contributed by atoms with Gasteiger partial charge in [-0.1, -0.05) is 18.2 Å². The van der Waals surface area contributed by atoms with Crippen LogP contribution in [0.3, 0.4) is 0 Å². The number of urea groups is 1. The quantitative estimate of drug-likeness (QED) is 0.622. The van der Waals surface area contributed by atoms with Gasteiger partial charge < -0.3 is 25.0 Å². The topological polar surface area (TPSA) is 79.9 Å². The van der Waals surface area contributed by atoms with Crippen LogP contribution in [0, 0.1) is 0 Å². The van der Waals surface area contributed by atoms with Gasteiger partial charge in [0.1, 0.15) is 17.2 Å². The minimum Gasteiger partial charge on any atom is -0.497 e. The third-order valence-corrected chi connectivity index (χ3v) is 4.94. The van der Waals surface area contributed by atoms with Crippen LogP contribution in [0.5, 0.6) is 17.2 Å². The lowest BCUT2D eigenvalue weighted by atomic mass is 10.2. The highest BCUT2D eigenvalue weighted by molar-refractivity contribution is 5.97. The number of ether oxygens (including phenoxy) is 2. The van der Waals surface area contributed by atoms with Gasteiger partial charge in [0.25, 0.3) is 0 Å². The van der Waals surface area contributed by atoms with E-state index in [1.165, 1.54) is 0 Å². The largest absolute Gasteiger partial charge is 0.497 e. The molecule has 1 heterocycles. The monoisotopic (exact) mass is 417 g/mol. The zero-order valence-corrected chi connectivity index (χ0v) is 17.1. The van der Waals surface area contributed by atoms with Crippen molar-refractivity contribution in [2.24, 2.45) is 0 Å². The number of hydrogen-bond donors (Lipinski definition) is 2. The van der Waals surface area contributed by atoms with Crippen molar-refractivity contribution < 1.29 is 19.1 Å². The molecular formula is C24H23N3O4. The summed E-state index contributed by atoms with van der Waals surface area (Å²) in [7, 11) is 1.60. The van der Waals surface area contributed by atoms with Crippen molar-refractivity contribution in [2.75, 3.05) is 23.9 Å². The molecule has 0 radical (unpaired) electrons. The number of amides is 3. The number of nitrogens with one attached hydrogen (secondary N) is 2. The van der Waals surface area contributed by atoms with Gasteiger partial charge >= 0.3 is 6.03 Å². The summed E-state index contributed by atoms with van der Waals surface area (Å²) in [6.07, 6.45) is 0.253. The van der Waals surface area contributed by atoms with Gasteiger partial charge in [-0.05, 0) is 60.7 Å². The summed E-state index contributed by atoms with van der Waals surface area (Å²) in [6.45, 7) is 0.419. The summed E-state index contributed by atoms with van der Waals surface area (Å²) < 4.78 is 10.9. The molecule has 158 valence electrons. The fourth-order valence-corrected chi connectivity index (χ4v) is 3.40. The van der Waals surface area contributed by atoms with E-state index in [0.717, 1.165) is 17.2 Å². The third-order valence-electron chi connectivity index (χ3n) is 4.94. The Kier molecular flexibility index (Phi) is 6.03. The first-order valence-corrected chi connectivity index (χ1v) is 9.95. The van der Waals surface area contributed by atoms with E-state index in [1.807, 2.05) is 42.5 Å². The van der Waals surface area contributed by atoms with Crippen LogP contribution in [0.25, 0.3) is 0 Å². The SMILES string of the molecule is COc1ccc(N2C[C@H](NC(=O)Nc3ccc(Oc4ccccc4)cc3)CC2=O)cc1. The highest BCUT2D eigenvalue weighted by Gasteiger charge is 2.31. The van der Waals surface area contributed by atoms with Crippen molar-refractivity contribution in [3.8, 4) is 17.2 Å². The number of carbonyl (C=O) groups excluding carboxylic acids is 2. The Morgan fingerprint density at radius 1 is 0.903 bits per heavy atom. The van der Waals surface area contributed by atoms with E-state index in [4.69, 9.17) is 9.47 Å². The van der Waals surface area contributed by atoms with Gasteiger partial charge in [-0.15, -0.1) is 0 Å². The normalized spacial score (nSPS) is 15.5. The van der Waals surface area contributed by atoms with Crippen molar-refractivity contribution in [3.63, 3.8) is 0 Å². The van der Waals surface area contributed by atoms with Crippen molar-refractivity contribution in [1.82, 2.24) is 5.32 Å². The average molecular weight is 417 g/mol. The number of hydrogen-bond acceptors (Lipinski definition) is 4. The Morgan fingerprint density at radius 2 is 1.55 bits per heavy atom.